The normalized spacial score (nSPS) is 10.9. The fourth-order valence-electron chi connectivity index (χ4n) is 3.27. The molecule has 0 bridgehead atoms. The number of nitrogens with zero attached hydrogens (tertiary/aromatic N) is 3. The minimum atomic E-state index is -0.391. The molecule has 0 saturated carbocycles. The van der Waals surface area contributed by atoms with Crippen LogP contribution >= 0.6 is 11.6 Å². The van der Waals surface area contributed by atoms with Crippen molar-refractivity contribution in [2.24, 2.45) is 0 Å². The van der Waals surface area contributed by atoms with Gasteiger partial charge in [0, 0.05) is 16.3 Å². The first kappa shape index (κ1) is 20.8. The molecule has 6 heteroatoms. The van der Waals surface area contributed by atoms with E-state index in [1.807, 2.05) is 76.2 Å². The van der Waals surface area contributed by atoms with Gasteiger partial charge in [-0.15, -0.1) is 5.10 Å². The molecule has 4 aromatic rings. The maximum Gasteiger partial charge on any atom is 0.295 e. The Bertz CT molecular complexity index is 1280. The molecule has 0 fully saturated rings. The monoisotopic (exact) mass is 430 g/mol. The van der Waals surface area contributed by atoms with Crippen LogP contribution in [0.15, 0.2) is 60.7 Å². The van der Waals surface area contributed by atoms with Crippen molar-refractivity contribution >= 4 is 23.2 Å². The Hall–Kier alpha value is -3.44. The molecule has 156 valence electrons. The van der Waals surface area contributed by atoms with Crippen LogP contribution in [0.1, 0.15) is 32.9 Å². The number of amides is 1. The van der Waals surface area contributed by atoms with E-state index in [-0.39, 0.29) is 5.82 Å². The maximum absolute atomic E-state index is 13.0. The number of aryl methyl sites for hydroxylation is 4. The van der Waals surface area contributed by atoms with E-state index in [4.69, 9.17) is 11.6 Å². The Kier molecular flexibility index (Phi) is 5.61. The lowest BCUT2D eigenvalue weighted by Crippen LogP contribution is -2.14. The molecular formula is C25H23ClN4O. The van der Waals surface area contributed by atoms with Crippen molar-refractivity contribution in [3.05, 3.63) is 93.8 Å². The van der Waals surface area contributed by atoms with Crippen LogP contribution in [-0.2, 0) is 0 Å². The first-order chi connectivity index (χ1) is 14.8. The number of hydrogen-bond donors (Lipinski definition) is 1. The van der Waals surface area contributed by atoms with Gasteiger partial charge < -0.3 is 5.32 Å². The third kappa shape index (κ3) is 4.37. The van der Waals surface area contributed by atoms with Crippen LogP contribution < -0.4 is 5.32 Å². The summed E-state index contributed by atoms with van der Waals surface area (Å²) in [5, 5.41) is 8.01. The lowest BCUT2D eigenvalue weighted by molar-refractivity contribution is 0.101. The molecule has 0 spiro atoms. The molecule has 4 rings (SSSR count). The Morgan fingerprint density at radius 2 is 1.55 bits per heavy atom. The van der Waals surface area contributed by atoms with Crippen LogP contribution in [0.2, 0.25) is 5.02 Å². The summed E-state index contributed by atoms with van der Waals surface area (Å²) < 4.78 is 1.74. The van der Waals surface area contributed by atoms with Crippen LogP contribution in [0.3, 0.4) is 0 Å². The van der Waals surface area contributed by atoms with Crippen LogP contribution in [-0.4, -0.2) is 20.7 Å². The van der Waals surface area contributed by atoms with Crippen LogP contribution in [0, 0.1) is 27.7 Å². The average Bonchev–Trinajstić information content (AvgIpc) is 3.18. The SMILES string of the molecule is Cc1ccc(-c2nc(C(=O)Nc3ccc(C)c(Cl)c3)nn2-c2cc(C)ccc2C)cc1. The number of benzene rings is 3. The van der Waals surface area contributed by atoms with Gasteiger partial charge in [0.25, 0.3) is 5.91 Å². The van der Waals surface area contributed by atoms with Crippen LogP contribution in [0.4, 0.5) is 5.69 Å². The summed E-state index contributed by atoms with van der Waals surface area (Å²) in [4.78, 5) is 17.6. The molecule has 0 aliphatic carbocycles. The largest absolute Gasteiger partial charge is 0.319 e. The van der Waals surface area contributed by atoms with E-state index < -0.39 is 5.91 Å². The summed E-state index contributed by atoms with van der Waals surface area (Å²) in [6, 6.07) is 19.5. The highest BCUT2D eigenvalue weighted by atomic mass is 35.5. The van der Waals surface area contributed by atoms with Gasteiger partial charge in [-0.2, -0.15) is 0 Å². The van der Waals surface area contributed by atoms with Gasteiger partial charge in [-0.25, -0.2) is 9.67 Å². The molecule has 1 amide bonds. The van der Waals surface area contributed by atoms with Crippen molar-refractivity contribution in [1.29, 1.82) is 0 Å². The average molecular weight is 431 g/mol. The number of nitrogens with one attached hydrogen (secondary N) is 1. The van der Waals surface area contributed by atoms with Crippen LogP contribution in [0.5, 0.6) is 0 Å². The zero-order valence-electron chi connectivity index (χ0n) is 17.9. The lowest BCUT2D eigenvalue weighted by atomic mass is 10.1. The molecule has 1 heterocycles. The van der Waals surface area contributed by atoms with Gasteiger partial charge in [-0.1, -0.05) is 59.6 Å². The van der Waals surface area contributed by atoms with E-state index in [0.717, 1.165) is 33.5 Å². The second kappa shape index (κ2) is 8.36. The Morgan fingerprint density at radius 1 is 0.871 bits per heavy atom. The Balaban J connectivity index is 1.78. The summed E-state index contributed by atoms with van der Waals surface area (Å²) in [6.07, 6.45) is 0. The Morgan fingerprint density at radius 3 is 2.26 bits per heavy atom. The summed E-state index contributed by atoms with van der Waals surface area (Å²) in [7, 11) is 0. The van der Waals surface area contributed by atoms with Crippen molar-refractivity contribution in [2.45, 2.75) is 27.7 Å². The van der Waals surface area contributed by atoms with Crippen molar-refractivity contribution in [2.75, 3.05) is 5.32 Å². The first-order valence-corrected chi connectivity index (χ1v) is 10.4. The quantitative estimate of drug-likeness (QED) is 0.427. The van der Waals surface area contributed by atoms with Gasteiger partial charge in [0.2, 0.25) is 5.82 Å². The molecule has 5 nitrogen and oxygen atoms in total. The van der Waals surface area contributed by atoms with Gasteiger partial charge >= 0.3 is 0 Å². The van der Waals surface area contributed by atoms with Gasteiger partial charge in [0.05, 0.1) is 5.69 Å². The molecule has 0 atom stereocenters. The highest BCUT2D eigenvalue weighted by Gasteiger charge is 2.20. The summed E-state index contributed by atoms with van der Waals surface area (Å²) >= 11 is 6.19. The number of anilines is 1. The highest BCUT2D eigenvalue weighted by molar-refractivity contribution is 6.31. The van der Waals surface area contributed by atoms with Gasteiger partial charge in [-0.05, 0) is 62.6 Å². The highest BCUT2D eigenvalue weighted by Crippen LogP contribution is 2.25. The summed E-state index contributed by atoms with van der Waals surface area (Å²) in [5.41, 5.74) is 6.61. The van der Waals surface area contributed by atoms with E-state index in [2.05, 4.69) is 21.5 Å². The molecule has 0 radical (unpaired) electrons. The predicted molar refractivity (Wildman–Crippen MR) is 125 cm³/mol. The minimum Gasteiger partial charge on any atom is -0.319 e. The smallest absolute Gasteiger partial charge is 0.295 e. The van der Waals surface area contributed by atoms with E-state index in [0.29, 0.717) is 16.5 Å². The zero-order valence-corrected chi connectivity index (χ0v) is 18.7. The Labute approximate surface area is 186 Å². The lowest BCUT2D eigenvalue weighted by Gasteiger charge is -2.10. The van der Waals surface area contributed by atoms with Gasteiger partial charge in [0.1, 0.15) is 0 Å². The molecular weight excluding hydrogens is 408 g/mol. The fraction of sp³-hybridized carbons (Fsp3) is 0.160. The molecule has 1 N–H and O–H groups in total. The third-order valence-corrected chi connectivity index (χ3v) is 5.55. The zero-order chi connectivity index (χ0) is 22.1. The molecule has 0 aliphatic heterocycles. The maximum atomic E-state index is 13.0. The third-order valence-electron chi connectivity index (χ3n) is 5.14. The van der Waals surface area contributed by atoms with Crippen molar-refractivity contribution in [3.63, 3.8) is 0 Å². The fourth-order valence-corrected chi connectivity index (χ4v) is 3.45. The van der Waals surface area contributed by atoms with E-state index in [9.17, 15) is 4.79 Å². The topological polar surface area (TPSA) is 59.8 Å². The molecule has 0 aliphatic rings. The van der Waals surface area contributed by atoms with Crippen molar-refractivity contribution in [1.82, 2.24) is 14.8 Å². The second-order valence-electron chi connectivity index (χ2n) is 7.74. The number of hydrogen-bond acceptors (Lipinski definition) is 3. The number of rotatable bonds is 4. The predicted octanol–water partition coefficient (Wildman–Crippen LogP) is 6.07. The summed E-state index contributed by atoms with van der Waals surface area (Å²) in [6.45, 7) is 7.99. The molecule has 31 heavy (non-hydrogen) atoms. The molecule has 0 saturated heterocycles. The van der Waals surface area contributed by atoms with Crippen molar-refractivity contribution in [3.8, 4) is 17.1 Å². The molecule has 3 aromatic carbocycles. The first-order valence-electron chi connectivity index (χ1n) is 10.0. The molecule has 1 aromatic heterocycles. The van der Waals surface area contributed by atoms with Gasteiger partial charge in [-0.3, -0.25) is 4.79 Å². The standard InChI is InChI=1S/C25H23ClN4O/c1-15-6-10-19(11-7-15)24-28-23(25(31)27-20-12-9-17(3)21(26)14-20)29-30(24)22-13-16(2)5-8-18(22)4/h5-14H,1-4H3,(H,27,31). The van der Waals surface area contributed by atoms with E-state index >= 15 is 0 Å². The number of carbonyl (C=O) groups is 1. The number of aromatic nitrogens is 3. The van der Waals surface area contributed by atoms with Gasteiger partial charge in [0.15, 0.2) is 5.82 Å². The molecule has 0 unspecified atom stereocenters. The van der Waals surface area contributed by atoms with E-state index in [1.165, 1.54) is 0 Å². The van der Waals surface area contributed by atoms with Crippen LogP contribution in [0.25, 0.3) is 17.1 Å². The number of carbonyl (C=O) groups excluding carboxylic acids is 1. The minimum absolute atomic E-state index is 0.0909. The van der Waals surface area contributed by atoms with Crippen molar-refractivity contribution < 1.29 is 4.79 Å². The van der Waals surface area contributed by atoms with E-state index in [1.54, 1.807) is 10.7 Å². The second-order valence-corrected chi connectivity index (χ2v) is 8.15. The number of halogens is 1. The summed E-state index contributed by atoms with van der Waals surface area (Å²) in [5.74, 6) is 0.311.